The third kappa shape index (κ3) is 2.09. The van der Waals surface area contributed by atoms with E-state index in [4.69, 9.17) is 0 Å². The molecule has 0 bridgehead atoms. The molecule has 4 nitrogen and oxygen atoms in total. The van der Waals surface area contributed by atoms with Crippen molar-refractivity contribution in [2.75, 3.05) is 11.4 Å². The van der Waals surface area contributed by atoms with Gasteiger partial charge in [-0.2, -0.15) is 0 Å². The molecule has 2 heterocycles. The number of pyridine rings is 1. The third-order valence-corrected chi connectivity index (χ3v) is 3.42. The van der Waals surface area contributed by atoms with Crippen LogP contribution in [0.1, 0.15) is 32.7 Å². The molecule has 0 spiro atoms. The van der Waals surface area contributed by atoms with Gasteiger partial charge in [-0.25, -0.2) is 0 Å². The number of para-hydroxylation sites is 1. The summed E-state index contributed by atoms with van der Waals surface area (Å²) < 4.78 is 0. The molecule has 0 N–H and O–H groups in total. The van der Waals surface area contributed by atoms with Crippen LogP contribution in [0.4, 0.5) is 5.69 Å². The highest BCUT2D eigenvalue weighted by Crippen LogP contribution is 2.28. The van der Waals surface area contributed by atoms with Crippen molar-refractivity contribution in [2.45, 2.75) is 13.3 Å². The van der Waals surface area contributed by atoms with Crippen molar-refractivity contribution in [3.8, 4) is 0 Å². The van der Waals surface area contributed by atoms with Gasteiger partial charge in [0, 0.05) is 30.9 Å². The summed E-state index contributed by atoms with van der Waals surface area (Å²) >= 11 is 0. The molecule has 0 radical (unpaired) electrons. The largest absolute Gasteiger partial charge is 0.307 e. The molecule has 4 heteroatoms. The molecule has 2 aromatic rings. The van der Waals surface area contributed by atoms with Gasteiger partial charge in [0.1, 0.15) is 0 Å². The number of aromatic nitrogens is 1. The van der Waals surface area contributed by atoms with Crippen molar-refractivity contribution in [2.24, 2.45) is 0 Å². The molecule has 3 rings (SSSR count). The first kappa shape index (κ1) is 12.5. The summed E-state index contributed by atoms with van der Waals surface area (Å²) in [6.07, 6.45) is 3.64. The normalized spacial score (nSPS) is 14.1. The summed E-state index contributed by atoms with van der Waals surface area (Å²) in [7, 11) is 0. The molecule has 0 atom stereocenters. The summed E-state index contributed by atoms with van der Waals surface area (Å²) in [5.74, 6) is -0.0202. The predicted molar refractivity (Wildman–Crippen MR) is 76.0 cm³/mol. The lowest BCUT2D eigenvalue weighted by atomic mass is 9.99. The van der Waals surface area contributed by atoms with Crippen molar-refractivity contribution in [1.82, 2.24) is 4.98 Å². The zero-order chi connectivity index (χ0) is 14.1. The lowest BCUT2D eigenvalue weighted by Crippen LogP contribution is -2.37. The zero-order valence-corrected chi connectivity index (χ0v) is 11.2. The quantitative estimate of drug-likeness (QED) is 0.797. The lowest BCUT2D eigenvalue weighted by molar-refractivity contribution is 0.0955. The van der Waals surface area contributed by atoms with Gasteiger partial charge in [0.2, 0.25) is 0 Å². The molecule has 0 saturated carbocycles. The van der Waals surface area contributed by atoms with E-state index in [2.05, 4.69) is 4.98 Å². The first-order valence-corrected chi connectivity index (χ1v) is 6.52. The zero-order valence-electron chi connectivity index (χ0n) is 11.2. The van der Waals surface area contributed by atoms with Crippen LogP contribution in [0, 0.1) is 6.92 Å². The molecular weight excluding hydrogens is 252 g/mol. The van der Waals surface area contributed by atoms with E-state index in [1.165, 1.54) is 0 Å². The maximum atomic E-state index is 12.6. The van der Waals surface area contributed by atoms with Crippen LogP contribution < -0.4 is 4.90 Å². The van der Waals surface area contributed by atoms with Gasteiger partial charge in [-0.1, -0.05) is 12.1 Å². The average Bonchev–Trinajstić information content (AvgIpc) is 2.47. The second-order valence-corrected chi connectivity index (χ2v) is 4.90. The highest BCUT2D eigenvalue weighted by molar-refractivity contribution is 6.13. The van der Waals surface area contributed by atoms with Gasteiger partial charge in [0.15, 0.2) is 5.78 Å². The van der Waals surface area contributed by atoms with Gasteiger partial charge in [-0.3, -0.25) is 14.6 Å². The molecule has 100 valence electrons. The Hall–Kier alpha value is -2.49. The van der Waals surface area contributed by atoms with E-state index >= 15 is 0 Å². The number of aryl methyl sites for hydroxylation is 1. The van der Waals surface area contributed by atoms with Crippen LogP contribution in [0.3, 0.4) is 0 Å². The topological polar surface area (TPSA) is 50.3 Å². The molecule has 0 fully saturated rings. The van der Waals surface area contributed by atoms with Gasteiger partial charge in [0.05, 0.1) is 11.3 Å². The molecule has 1 aliphatic heterocycles. The van der Waals surface area contributed by atoms with E-state index in [9.17, 15) is 9.59 Å². The Labute approximate surface area is 117 Å². The predicted octanol–water partition coefficient (Wildman–Crippen LogP) is 2.62. The fraction of sp³-hybridized carbons (Fsp3) is 0.188. The summed E-state index contributed by atoms with van der Waals surface area (Å²) in [6.45, 7) is 2.32. The lowest BCUT2D eigenvalue weighted by Gasteiger charge is -2.28. The number of rotatable bonds is 1. The minimum Gasteiger partial charge on any atom is -0.307 e. The first-order chi connectivity index (χ1) is 9.66. The summed E-state index contributed by atoms with van der Waals surface area (Å²) in [5, 5.41) is 0. The molecular formula is C16H14N2O2. The Morgan fingerprint density at radius 1 is 1.25 bits per heavy atom. The van der Waals surface area contributed by atoms with Crippen LogP contribution in [0.5, 0.6) is 0 Å². The fourth-order valence-corrected chi connectivity index (χ4v) is 2.45. The molecule has 1 aromatic carbocycles. The third-order valence-electron chi connectivity index (χ3n) is 3.42. The number of carbonyl (C=O) groups is 2. The molecule has 1 aromatic heterocycles. The minimum absolute atomic E-state index is 0.0898. The summed E-state index contributed by atoms with van der Waals surface area (Å²) in [6, 6.07) is 9.05. The number of amides is 1. The Balaban J connectivity index is 2.01. The number of anilines is 1. The Morgan fingerprint density at radius 3 is 2.85 bits per heavy atom. The number of carbonyl (C=O) groups excluding carboxylic acids is 2. The van der Waals surface area contributed by atoms with Crippen molar-refractivity contribution >= 4 is 17.4 Å². The van der Waals surface area contributed by atoms with Gasteiger partial charge in [0.25, 0.3) is 5.91 Å². The molecule has 20 heavy (non-hydrogen) atoms. The van der Waals surface area contributed by atoms with E-state index in [-0.39, 0.29) is 11.7 Å². The Morgan fingerprint density at radius 2 is 2.05 bits per heavy atom. The van der Waals surface area contributed by atoms with Gasteiger partial charge < -0.3 is 4.90 Å². The van der Waals surface area contributed by atoms with Crippen LogP contribution in [0.15, 0.2) is 42.7 Å². The second-order valence-electron chi connectivity index (χ2n) is 4.90. The molecule has 0 saturated heterocycles. The maximum Gasteiger partial charge on any atom is 0.259 e. The minimum atomic E-state index is -0.110. The van der Waals surface area contributed by atoms with E-state index in [1.807, 2.05) is 31.2 Å². The number of fused-ring (bicyclic) bond motifs is 1. The monoisotopic (exact) mass is 266 g/mol. The average molecular weight is 266 g/mol. The number of benzene rings is 1. The van der Waals surface area contributed by atoms with Gasteiger partial charge >= 0.3 is 0 Å². The Bertz CT molecular complexity index is 694. The Kier molecular flexibility index (Phi) is 3.06. The van der Waals surface area contributed by atoms with Crippen molar-refractivity contribution in [1.29, 1.82) is 0 Å². The second kappa shape index (κ2) is 4.89. The van der Waals surface area contributed by atoms with Gasteiger partial charge in [-0.15, -0.1) is 0 Å². The smallest absolute Gasteiger partial charge is 0.259 e. The van der Waals surface area contributed by atoms with Crippen LogP contribution in [-0.2, 0) is 0 Å². The highest BCUT2D eigenvalue weighted by Gasteiger charge is 2.27. The van der Waals surface area contributed by atoms with Crippen molar-refractivity contribution in [3.05, 3.63) is 59.4 Å². The number of hydrogen-bond donors (Lipinski definition) is 0. The summed E-state index contributed by atoms with van der Waals surface area (Å²) in [5.41, 5.74) is 2.80. The van der Waals surface area contributed by atoms with Gasteiger partial charge in [-0.05, 0) is 30.7 Å². The van der Waals surface area contributed by atoms with E-state index in [1.54, 1.807) is 23.4 Å². The van der Waals surface area contributed by atoms with E-state index < -0.39 is 0 Å². The molecule has 0 aliphatic carbocycles. The van der Waals surface area contributed by atoms with E-state index in [0.29, 0.717) is 29.8 Å². The molecule has 1 amide bonds. The highest BCUT2D eigenvalue weighted by atomic mass is 16.2. The number of nitrogens with zero attached hydrogens (tertiary/aromatic N) is 2. The first-order valence-electron chi connectivity index (χ1n) is 6.52. The summed E-state index contributed by atoms with van der Waals surface area (Å²) in [4.78, 5) is 30.2. The maximum absolute atomic E-state index is 12.6. The van der Waals surface area contributed by atoms with E-state index in [0.717, 1.165) is 5.56 Å². The SMILES string of the molecule is Cc1cncc(C(=O)N2CCC(=O)c3ccccc32)c1. The van der Waals surface area contributed by atoms with Crippen LogP contribution >= 0.6 is 0 Å². The fourth-order valence-electron chi connectivity index (χ4n) is 2.45. The number of ketones is 1. The van der Waals surface area contributed by atoms with Crippen LogP contribution in [0.25, 0.3) is 0 Å². The molecule has 1 aliphatic rings. The number of Topliss-reactive ketones (excluding diaryl/α,β-unsaturated/α-hetero) is 1. The van der Waals surface area contributed by atoms with Crippen molar-refractivity contribution in [3.63, 3.8) is 0 Å². The number of hydrogen-bond acceptors (Lipinski definition) is 3. The van der Waals surface area contributed by atoms with Crippen molar-refractivity contribution < 1.29 is 9.59 Å². The van der Waals surface area contributed by atoms with Crippen LogP contribution in [-0.4, -0.2) is 23.2 Å². The molecule has 0 unspecified atom stereocenters. The standard InChI is InChI=1S/C16H14N2O2/c1-11-8-12(10-17-9-11)16(20)18-7-6-15(19)13-4-2-3-5-14(13)18/h2-5,8-10H,6-7H2,1H3. The van der Waals surface area contributed by atoms with Crippen LogP contribution in [0.2, 0.25) is 0 Å².